The average Bonchev–Trinajstić information content (AvgIpc) is 3.38. The van der Waals surface area contributed by atoms with E-state index in [1.54, 1.807) is 7.11 Å². The molecule has 0 spiro atoms. The third-order valence-corrected chi connectivity index (χ3v) is 6.73. The lowest BCUT2D eigenvalue weighted by molar-refractivity contribution is 0.254. The maximum Gasteiger partial charge on any atom is 0.225 e. The molecule has 35 heavy (non-hydrogen) atoms. The predicted octanol–water partition coefficient (Wildman–Crippen LogP) is 5.06. The maximum atomic E-state index is 6.16. The summed E-state index contributed by atoms with van der Waals surface area (Å²) in [6.07, 6.45) is 8.22. The second-order valence-corrected chi connectivity index (χ2v) is 9.55. The Bertz CT molecular complexity index is 1120. The zero-order valence-corrected chi connectivity index (χ0v) is 20.9. The number of hydrogen-bond acceptors (Lipinski definition) is 8. The number of anilines is 3. The van der Waals surface area contributed by atoms with Gasteiger partial charge in [0.2, 0.25) is 5.95 Å². The van der Waals surface area contributed by atoms with Gasteiger partial charge in [-0.25, -0.2) is 4.98 Å². The van der Waals surface area contributed by atoms with Crippen LogP contribution in [0.2, 0.25) is 0 Å². The van der Waals surface area contributed by atoms with Gasteiger partial charge in [-0.15, -0.1) is 0 Å². The van der Waals surface area contributed by atoms with E-state index in [9.17, 15) is 0 Å². The van der Waals surface area contributed by atoms with Crippen LogP contribution in [0.3, 0.4) is 0 Å². The molecule has 1 aliphatic heterocycles. The van der Waals surface area contributed by atoms with Crippen LogP contribution in [-0.2, 0) is 0 Å². The van der Waals surface area contributed by atoms with Crippen molar-refractivity contribution in [2.45, 2.75) is 57.8 Å². The fraction of sp³-hybridized carbons (Fsp3) is 0.577. The van der Waals surface area contributed by atoms with Gasteiger partial charge in [0.05, 0.1) is 19.2 Å². The molecule has 0 atom stereocenters. The van der Waals surface area contributed by atoms with Gasteiger partial charge < -0.3 is 25.0 Å². The smallest absolute Gasteiger partial charge is 0.225 e. The molecule has 1 aliphatic carbocycles. The quantitative estimate of drug-likeness (QED) is 0.293. The van der Waals surface area contributed by atoms with Crippen molar-refractivity contribution in [2.75, 3.05) is 50.5 Å². The second-order valence-electron chi connectivity index (χ2n) is 9.55. The predicted molar refractivity (Wildman–Crippen MR) is 139 cm³/mol. The van der Waals surface area contributed by atoms with Crippen LogP contribution >= 0.6 is 0 Å². The molecule has 2 aromatic heterocycles. The lowest BCUT2D eigenvalue weighted by Gasteiger charge is -2.16. The van der Waals surface area contributed by atoms with Gasteiger partial charge in [0.15, 0.2) is 17.3 Å². The van der Waals surface area contributed by atoms with Crippen molar-refractivity contribution in [1.82, 2.24) is 25.1 Å². The number of methoxy groups -OCH3 is 1. The van der Waals surface area contributed by atoms with E-state index in [2.05, 4.69) is 38.7 Å². The molecular formula is C26H37N7O2. The van der Waals surface area contributed by atoms with Crippen molar-refractivity contribution >= 4 is 28.5 Å². The number of benzene rings is 1. The summed E-state index contributed by atoms with van der Waals surface area (Å²) in [6.45, 7) is 7.13. The normalized spacial score (nSPS) is 16.1. The fourth-order valence-electron chi connectivity index (χ4n) is 4.56. The third kappa shape index (κ3) is 5.96. The fourth-order valence-corrected chi connectivity index (χ4v) is 4.56. The van der Waals surface area contributed by atoms with E-state index in [1.165, 1.54) is 44.5 Å². The van der Waals surface area contributed by atoms with Crippen molar-refractivity contribution in [1.29, 1.82) is 0 Å². The Morgan fingerprint density at radius 2 is 1.94 bits per heavy atom. The number of likely N-dealkylation sites (tertiary alicyclic amines) is 1. The lowest BCUT2D eigenvalue weighted by Crippen LogP contribution is -2.21. The minimum atomic E-state index is 0.594. The number of hydrogen-bond donors (Lipinski definition) is 3. The highest BCUT2D eigenvalue weighted by Crippen LogP contribution is 2.40. The Labute approximate surface area is 207 Å². The minimum Gasteiger partial charge on any atom is -0.493 e. The first-order valence-electron chi connectivity index (χ1n) is 13.0. The Hall–Kier alpha value is -3.07. The van der Waals surface area contributed by atoms with Gasteiger partial charge in [-0.1, -0.05) is 13.3 Å². The molecule has 1 saturated carbocycles. The molecule has 2 fully saturated rings. The summed E-state index contributed by atoms with van der Waals surface area (Å²) in [5, 5.41) is 15.2. The number of ether oxygens (including phenoxy) is 2. The van der Waals surface area contributed by atoms with Crippen molar-refractivity contribution in [3.63, 3.8) is 0 Å². The molecule has 3 N–H and O–H groups in total. The highest BCUT2D eigenvalue weighted by atomic mass is 16.5. The molecule has 0 bridgehead atoms. The summed E-state index contributed by atoms with van der Waals surface area (Å²) in [5.74, 6) is 4.04. The van der Waals surface area contributed by atoms with Crippen LogP contribution in [0.15, 0.2) is 18.2 Å². The third-order valence-electron chi connectivity index (χ3n) is 6.73. The van der Waals surface area contributed by atoms with Gasteiger partial charge in [-0.3, -0.25) is 5.10 Å². The number of nitrogens with one attached hydrogen (secondary N) is 3. The zero-order valence-electron chi connectivity index (χ0n) is 20.9. The topological polar surface area (TPSA) is 100 Å². The maximum absolute atomic E-state index is 6.16. The van der Waals surface area contributed by atoms with Crippen molar-refractivity contribution < 1.29 is 9.47 Å². The van der Waals surface area contributed by atoms with Gasteiger partial charge >= 0.3 is 0 Å². The van der Waals surface area contributed by atoms with E-state index in [4.69, 9.17) is 19.4 Å². The lowest BCUT2D eigenvalue weighted by atomic mass is 10.2. The molecule has 2 aliphatic rings. The van der Waals surface area contributed by atoms with Gasteiger partial charge in [0.1, 0.15) is 5.82 Å². The standard InChI is InChI=1S/C26H37N7O2/c1-3-4-10-27-26-28-21-16-23(35-14-7-13-33-11-5-6-12-33)22(34-2)15-19(21)25(30-26)29-24-17-20(31-32-24)18-8-9-18/h15-18H,3-14H2,1-2H3,(H3,27,28,29,30,31,32). The molecule has 0 radical (unpaired) electrons. The molecular weight excluding hydrogens is 442 g/mol. The molecule has 3 aromatic rings. The molecule has 5 rings (SSSR count). The summed E-state index contributed by atoms with van der Waals surface area (Å²) in [4.78, 5) is 12.1. The first-order valence-corrected chi connectivity index (χ1v) is 13.0. The van der Waals surface area contributed by atoms with Gasteiger partial charge in [0, 0.05) is 42.2 Å². The number of H-pyrrole nitrogens is 1. The Morgan fingerprint density at radius 3 is 2.71 bits per heavy atom. The molecule has 9 nitrogen and oxygen atoms in total. The van der Waals surface area contributed by atoms with Crippen molar-refractivity contribution in [2.24, 2.45) is 0 Å². The zero-order chi connectivity index (χ0) is 24.0. The first-order chi connectivity index (χ1) is 17.2. The summed E-state index contributed by atoms with van der Waals surface area (Å²) < 4.78 is 11.8. The van der Waals surface area contributed by atoms with E-state index >= 15 is 0 Å². The highest BCUT2D eigenvalue weighted by Gasteiger charge is 2.25. The Kier molecular flexibility index (Phi) is 7.51. The Morgan fingerprint density at radius 1 is 1.09 bits per heavy atom. The number of nitrogens with zero attached hydrogens (tertiary/aromatic N) is 4. The van der Waals surface area contributed by atoms with E-state index in [-0.39, 0.29) is 0 Å². The van der Waals surface area contributed by atoms with Crippen LogP contribution in [0, 0.1) is 0 Å². The van der Waals surface area contributed by atoms with Crippen LogP contribution in [0.4, 0.5) is 17.6 Å². The molecule has 0 amide bonds. The van der Waals surface area contributed by atoms with Crippen LogP contribution in [-0.4, -0.2) is 65.0 Å². The average molecular weight is 480 g/mol. The first kappa shape index (κ1) is 23.7. The molecule has 0 unspecified atom stereocenters. The molecule has 1 saturated heterocycles. The molecule has 9 heteroatoms. The van der Waals surface area contributed by atoms with Crippen LogP contribution < -0.4 is 20.1 Å². The SMILES string of the molecule is CCCCNc1nc(Nc2cc(C3CC3)[nH]n2)c2cc(OC)c(OCCCN3CCCC3)cc2n1. The summed E-state index contributed by atoms with van der Waals surface area (Å²) in [6, 6.07) is 5.99. The van der Waals surface area contributed by atoms with Gasteiger partial charge in [-0.2, -0.15) is 10.1 Å². The van der Waals surface area contributed by atoms with Crippen molar-refractivity contribution in [3.05, 3.63) is 23.9 Å². The molecule has 3 heterocycles. The molecule has 1 aromatic carbocycles. The number of aromatic nitrogens is 4. The summed E-state index contributed by atoms with van der Waals surface area (Å²) in [7, 11) is 1.67. The highest BCUT2D eigenvalue weighted by molar-refractivity contribution is 5.94. The van der Waals surface area contributed by atoms with Gasteiger partial charge in [-0.05, 0) is 57.7 Å². The second kappa shape index (κ2) is 11.1. The van der Waals surface area contributed by atoms with Gasteiger partial charge in [0.25, 0.3) is 0 Å². The number of rotatable bonds is 13. The van der Waals surface area contributed by atoms with Crippen molar-refractivity contribution in [3.8, 4) is 11.5 Å². The van der Waals surface area contributed by atoms with Crippen LogP contribution in [0.1, 0.15) is 63.5 Å². The molecule has 188 valence electrons. The Balaban J connectivity index is 1.38. The largest absolute Gasteiger partial charge is 0.493 e. The van der Waals surface area contributed by atoms with E-state index in [1.807, 2.05) is 12.1 Å². The van der Waals surface area contributed by atoms with Crippen LogP contribution in [0.25, 0.3) is 10.9 Å². The monoisotopic (exact) mass is 479 g/mol. The number of unbranched alkanes of at least 4 members (excludes halogenated alkanes) is 1. The minimum absolute atomic E-state index is 0.594. The summed E-state index contributed by atoms with van der Waals surface area (Å²) >= 11 is 0. The number of aromatic amines is 1. The van der Waals surface area contributed by atoms with E-state index in [0.29, 0.717) is 35.8 Å². The van der Waals surface area contributed by atoms with Crippen LogP contribution in [0.5, 0.6) is 11.5 Å². The summed E-state index contributed by atoms with van der Waals surface area (Å²) in [5.41, 5.74) is 1.98. The van der Waals surface area contributed by atoms with E-state index in [0.717, 1.165) is 49.1 Å². The number of fused-ring (bicyclic) bond motifs is 1. The van der Waals surface area contributed by atoms with E-state index < -0.39 is 0 Å².